The molecule has 9 nitrogen and oxygen atoms in total. The van der Waals surface area contributed by atoms with Crippen molar-refractivity contribution in [1.82, 2.24) is 19.3 Å². The van der Waals surface area contributed by atoms with Gasteiger partial charge in [-0.05, 0) is 12.8 Å². The Morgan fingerprint density at radius 2 is 1.76 bits per heavy atom. The Kier molecular flexibility index (Phi) is 6.86. The van der Waals surface area contributed by atoms with Gasteiger partial charge in [0.2, 0.25) is 16.0 Å². The SMILES string of the molecule is CS(=O)(=O)N1CCC(Nc2ncc(C(F)(F)F)c(-c3cnc(NC(=O)C(F)(F)F)s3)n2)CC1. The molecular weight excluding hydrogens is 502 g/mol. The Morgan fingerprint density at radius 3 is 2.30 bits per heavy atom. The van der Waals surface area contributed by atoms with Crippen LogP contribution in [-0.4, -0.2) is 65.1 Å². The molecule has 1 saturated heterocycles. The number of aromatic nitrogens is 3. The molecule has 182 valence electrons. The highest BCUT2D eigenvalue weighted by molar-refractivity contribution is 7.88. The zero-order chi connectivity index (χ0) is 24.6. The first-order valence-electron chi connectivity index (χ1n) is 9.15. The Bertz CT molecular complexity index is 1130. The largest absolute Gasteiger partial charge is 0.471 e. The van der Waals surface area contributed by atoms with Crippen molar-refractivity contribution in [3.8, 4) is 10.6 Å². The number of thiazole rings is 1. The molecule has 2 N–H and O–H groups in total. The number of alkyl halides is 6. The molecule has 33 heavy (non-hydrogen) atoms. The fraction of sp³-hybridized carbons (Fsp3) is 0.500. The molecule has 2 aromatic heterocycles. The van der Waals surface area contributed by atoms with E-state index >= 15 is 0 Å². The molecule has 1 aliphatic rings. The Balaban J connectivity index is 1.83. The van der Waals surface area contributed by atoms with E-state index in [1.807, 2.05) is 0 Å². The zero-order valence-electron chi connectivity index (χ0n) is 16.7. The molecule has 0 bridgehead atoms. The first kappa shape index (κ1) is 25.1. The monoisotopic (exact) mass is 518 g/mol. The van der Waals surface area contributed by atoms with Crippen LogP contribution in [0, 0.1) is 0 Å². The van der Waals surface area contributed by atoms with Crippen molar-refractivity contribution in [2.45, 2.75) is 31.2 Å². The fourth-order valence-corrected chi connectivity index (χ4v) is 4.66. The van der Waals surface area contributed by atoms with Crippen LogP contribution in [0.25, 0.3) is 10.6 Å². The van der Waals surface area contributed by atoms with E-state index in [0.29, 0.717) is 30.4 Å². The van der Waals surface area contributed by atoms with E-state index < -0.39 is 44.7 Å². The summed E-state index contributed by atoms with van der Waals surface area (Å²) >= 11 is 0.384. The highest BCUT2D eigenvalue weighted by Crippen LogP contribution is 2.39. The number of carbonyl (C=O) groups is 1. The molecule has 0 atom stereocenters. The summed E-state index contributed by atoms with van der Waals surface area (Å²) in [4.78, 5) is 21.9. The van der Waals surface area contributed by atoms with Crippen LogP contribution < -0.4 is 10.6 Å². The number of amides is 1. The lowest BCUT2D eigenvalue weighted by Gasteiger charge is -2.30. The first-order valence-corrected chi connectivity index (χ1v) is 11.8. The maximum absolute atomic E-state index is 13.5. The standard InChI is InChI=1S/C16H16F6N6O3S2/c1-33(30,31)28-4-2-8(3-5-28)25-13-23-6-9(15(17,18)19)11(26-13)10-7-24-14(32-10)27-12(29)16(20,21)22/h6-8H,2-5H2,1H3,(H,23,25,26)(H,24,27,29). The van der Waals surface area contributed by atoms with Gasteiger partial charge in [-0.3, -0.25) is 10.1 Å². The molecule has 3 heterocycles. The molecular formula is C16H16F6N6O3S2. The number of hydrogen-bond donors (Lipinski definition) is 2. The third kappa shape index (κ3) is 6.29. The summed E-state index contributed by atoms with van der Waals surface area (Å²) in [6, 6.07) is -0.310. The molecule has 0 radical (unpaired) electrons. The van der Waals surface area contributed by atoms with Gasteiger partial charge in [0.1, 0.15) is 5.56 Å². The summed E-state index contributed by atoms with van der Waals surface area (Å²) in [5.74, 6) is -2.49. The number of piperidine rings is 1. The molecule has 0 unspecified atom stereocenters. The van der Waals surface area contributed by atoms with E-state index in [1.54, 1.807) is 0 Å². The minimum Gasteiger partial charge on any atom is -0.351 e. The van der Waals surface area contributed by atoms with Crippen LogP contribution in [0.3, 0.4) is 0 Å². The summed E-state index contributed by atoms with van der Waals surface area (Å²) in [5.41, 5.74) is -1.86. The minimum absolute atomic E-state index is 0.176. The lowest BCUT2D eigenvalue weighted by atomic mass is 10.1. The Morgan fingerprint density at radius 1 is 1.12 bits per heavy atom. The maximum atomic E-state index is 13.5. The Labute approximate surface area is 187 Å². The van der Waals surface area contributed by atoms with E-state index in [2.05, 4.69) is 20.3 Å². The van der Waals surface area contributed by atoms with Crippen LogP contribution in [0.15, 0.2) is 12.4 Å². The average molecular weight is 518 g/mol. The number of rotatable bonds is 5. The minimum atomic E-state index is -5.19. The van der Waals surface area contributed by atoms with Crippen molar-refractivity contribution in [2.24, 2.45) is 0 Å². The molecule has 0 aromatic carbocycles. The summed E-state index contributed by atoms with van der Waals surface area (Å²) in [6.07, 6.45) is -6.86. The van der Waals surface area contributed by atoms with Crippen molar-refractivity contribution >= 4 is 38.3 Å². The van der Waals surface area contributed by atoms with Crippen LogP contribution in [0.4, 0.5) is 37.4 Å². The third-order valence-corrected chi connectivity index (χ3v) is 6.79. The van der Waals surface area contributed by atoms with Crippen molar-refractivity contribution in [2.75, 3.05) is 30.0 Å². The summed E-state index contributed by atoms with van der Waals surface area (Å²) in [5, 5.41) is 3.78. The smallest absolute Gasteiger partial charge is 0.351 e. The van der Waals surface area contributed by atoms with Crippen molar-refractivity contribution in [3.63, 3.8) is 0 Å². The van der Waals surface area contributed by atoms with E-state index in [9.17, 15) is 39.6 Å². The van der Waals surface area contributed by atoms with Gasteiger partial charge < -0.3 is 5.32 Å². The van der Waals surface area contributed by atoms with Gasteiger partial charge in [-0.15, -0.1) is 0 Å². The number of halogens is 6. The lowest BCUT2D eigenvalue weighted by molar-refractivity contribution is -0.167. The molecule has 0 spiro atoms. The lowest BCUT2D eigenvalue weighted by Crippen LogP contribution is -2.42. The van der Waals surface area contributed by atoms with Gasteiger partial charge in [0.15, 0.2) is 5.13 Å². The van der Waals surface area contributed by atoms with Gasteiger partial charge in [0.25, 0.3) is 0 Å². The second kappa shape index (κ2) is 9.02. The third-order valence-electron chi connectivity index (χ3n) is 4.57. The van der Waals surface area contributed by atoms with E-state index in [1.165, 1.54) is 9.62 Å². The first-order chi connectivity index (χ1) is 15.1. The highest BCUT2D eigenvalue weighted by Gasteiger charge is 2.40. The molecule has 1 fully saturated rings. The van der Waals surface area contributed by atoms with Gasteiger partial charge in [0.05, 0.1) is 16.8 Å². The molecule has 2 aromatic rings. The van der Waals surface area contributed by atoms with E-state index in [4.69, 9.17) is 0 Å². The van der Waals surface area contributed by atoms with Crippen LogP contribution in [-0.2, 0) is 21.0 Å². The maximum Gasteiger partial charge on any atom is 0.471 e. The topological polar surface area (TPSA) is 117 Å². The predicted octanol–water partition coefficient (Wildman–Crippen LogP) is 2.96. The van der Waals surface area contributed by atoms with Crippen LogP contribution in [0.5, 0.6) is 0 Å². The fourth-order valence-electron chi connectivity index (χ4n) is 2.97. The molecule has 1 aliphatic heterocycles. The normalized spacial score (nSPS) is 16.6. The summed E-state index contributed by atoms with van der Waals surface area (Å²) < 4.78 is 102. The number of hydrogen-bond acceptors (Lipinski definition) is 8. The van der Waals surface area contributed by atoms with Crippen molar-refractivity contribution in [3.05, 3.63) is 18.0 Å². The molecule has 3 rings (SSSR count). The average Bonchev–Trinajstić information content (AvgIpc) is 3.14. The quantitative estimate of drug-likeness (QED) is 0.585. The molecule has 0 aliphatic carbocycles. The van der Waals surface area contributed by atoms with Crippen LogP contribution in [0.2, 0.25) is 0 Å². The second-order valence-electron chi connectivity index (χ2n) is 7.02. The molecule has 0 saturated carbocycles. The molecule has 1 amide bonds. The van der Waals surface area contributed by atoms with Gasteiger partial charge in [0, 0.05) is 31.5 Å². The van der Waals surface area contributed by atoms with Crippen molar-refractivity contribution in [1.29, 1.82) is 0 Å². The van der Waals surface area contributed by atoms with Gasteiger partial charge in [-0.1, -0.05) is 11.3 Å². The van der Waals surface area contributed by atoms with Crippen LogP contribution >= 0.6 is 11.3 Å². The van der Waals surface area contributed by atoms with Gasteiger partial charge >= 0.3 is 18.3 Å². The number of sulfonamides is 1. The zero-order valence-corrected chi connectivity index (χ0v) is 18.3. The second-order valence-corrected chi connectivity index (χ2v) is 10.0. The number of nitrogens with zero attached hydrogens (tertiary/aromatic N) is 4. The summed E-state index contributed by atoms with van der Waals surface area (Å²) in [6.45, 7) is 0.419. The Hall–Kier alpha value is -2.53. The van der Waals surface area contributed by atoms with Gasteiger partial charge in [-0.25, -0.2) is 27.7 Å². The predicted molar refractivity (Wildman–Crippen MR) is 106 cm³/mol. The van der Waals surface area contributed by atoms with E-state index in [0.717, 1.165) is 12.5 Å². The van der Waals surface area contributed by atoms with Crippen LogP contribution in [0.1, 0.15) is 18.4 Å². The van der Waals surface area contributed by atoms with Gasteiger partial charge in [-0.2, -0.15) is 26.3 Å². The number of carbonyl (C=O) groups excluding carboxylic acids is 1. The number of nitrogens with one attached hydrogen (secondary N) is 2. The van der Waals surface area contributed by atoms with E-state index in [-0.39, 0.29) is 30.0 Å². The molecule has 17 heteroatoms. The summed E-state index contributed by atoms with van der Waals surface area (Å²) in [7, 11) is -3.36. The van der Waals surface area contributed by atoms with Crippen molar-refractivity contribution < 1.29 is 39.6 Å². The highest BCUT2D eigenvalue weighted by atomic mass is 32.2. The number of anilines is 2.